The standard InChI is InChI=1S/C49H36F3N3/c1-28-7-14-44-38(21-28)39-22-29(2)8-15-45(39)54(44)36-12-13-43(53-6)37(27-36)42-26-33(34-19-32(5)20-35(25-34)49(50,51)52)11-18-48(42)55-46-16-9-30(3)23-40(46)41-24-31(4)10-17-47(41)55/h7-27H,1-5H3. The molecule has 9 aromatic rings. The highest BCUT2D eigenvalue weighted by atomic mass is 19.4. The van der Waals surface area contributed by atoms with E-state index in [-0.39, 0.29) is 0 Å². The first kappa shape index (κ1) is 34.2. The largest absolute Gasteiger partial charge is 0.416 e. The molecule has 2 aromatic heterocycles. The van der Waals surface area contributed by atoms with E-state index in [1.807, 2.05) is 30.3 Å². The van der Waals surface area contributed by atoms with Gasteiger partial charge in [0.15, 0.2) is 5.69 Å². The summed E-state index contributed by atoms with van der Waals surface area (Å²) in [6.45, 7) is 18.4. The van der Waals surface area contributed by atoms with Crippen LogP contribution in [0, 0.1) is 41.2 Å². The molecule has 55 heavy (non-hydrogen) atoms. The molecule has 0 aliphatic carbocycles. The summed E-state index contributed by atoms with van der Waals surface area (Å²) in [6.07, 6.45) is -4.49. The first-order valence-corrected chi connectivity index (χ1v) is 18.3. The molecule has 6 heteroatoms. The Balaban J connectivity index is 1.38. The van der Waals surface area contributed by atoms with E-state index in [2.05, 4.69) is 121 Å². The third kappa shape index (κ3) is 5.66. The van der Waals surface area contributed by atoms with Crippen LogP contribution in [0.2, 0.25) is 0 Å². The van der Waals surface area contributed by atoms with Crippen LogP contribution < -0.4 is 0 Å². The predicted molar refractivity (Wildman–Crippen MR) is 221 cm³/mol. The third-order valence-electron chi connectivity index (χ3n) is 10.8. The van der Waals surface area contributed by atoms with E-state index in [4.69, 9.17) is 6.57 Å². The Bertz CT molecular complexity index is 2980. The lowest BCUT2D eigenvalue weighted by Gasteiger charge is -2.19. The molecule has 0 fully saturated rings. The van der Waals surface area contributed by atoms with Gasteiger partial charge in [0.2, 0.25) is 0 Å². The molecule has 9 rings (SSSR count). The minimum absolute atomic E-state index is 0.447. The number of fused-ring (bicyclic) bond motifs is 6. The van der Waals surface area contributed by atoms with Gasteiger partial charge in [-0.1, -0.05) is 64.7 Å². The van der Waals surface area contributed by atoms with Crippen molar-refractivity contribution < 1.29 is 13.2 Å². The average molecular weight is 724 g/mol. The Kier molecular flexibility index (Phi) is 7.77. The molecular weight excluding hydrogens is 688 g/mol. The number of aryl methyl sites for hydroxylation is 5. The lowest BCUT2D eigenvalue weighted by molar-refractivity contribution is -0.137. The second kappa shape index (κ2) is 12.5. The van der Waals surface area contributed by atoms with Gasteiger partial charge in [-0.2, -0.15) is 13.2 Å². The molecule has 0 atom stereocenters. The Morgan fingerprint density at radius 1 is 0.455 bits per heavy atom. The number of hydrogen-bond acceptors (Lipinski definition) is 0. The number of benzene rings is 7. The fourth-order valence-electron chi connectivity index (χ4n) is 8.26. The maximum atomic E-state index is 14.1. The summed E-state index contributed by atoms with van der Waals surface area (Å²) in [6, 6.07) is 41.7. The van der Waals surface area contributed by atoms with Gasteiger partial charge >= 0.3 is 6.18 Å². The monoisotopic (exact) mass is 723 g/mol. The number of rotatable bonds is 4. The SMILES string of the molecule is [C-]#[N+]c1ccc(-n2c3ccc(C)cc3c3cc(C)ccc32)cc1-c1cc(-c2cc(C)cc(C(F)(F)F)c2)ccc1-n1c2ccc(C)cc2c2cc(C)ccc21. The van der Waals surface area contributed by atoms with Gasteiger partial charge in [-0.15, -0.1) is 0 Å². The van der Waals surface area contributed by atoms with Crippen LogP contribution in [-0.2, 0) is 6.18 Å². The van der Waals surface area contributed by atoms with Crippen LogP contribution in [0.15, 0.2) is 127 Å². The Labute approximate surface area is 317 Å². The van der Waals surface area contributed by atoms with E-state index in [1.165, 1.54) is 23.3 Å². The van der Waals surface area contributed by atoms with Crippen LogP contribution in [-0.4, -0.2) is 9.13 Å². The van der Waals surface area contributed by atoms with Crippen LogP contribution in [0.3, 0.4) is 0 Å². The van der Waals surface area contributed by atoms with Crippen molar-refractivity contribution in [2.45, 2.75) is 40.8 Å². The Morgan fingerprint density at radius 3 is 1.45 bits per heavy atom. The number of halogens is 3. The normalized spacial score (nSPS) is 12.0. The lowest BCUT2D eigenvalue weighted by atomic mass is 9.94. The van der Waals surface area contributed by atoms with E-state index in [0.29, 0.717) is 27.9 Å². The molecule has 0 spiro atoms. The Hall–Kier alpha value is -6.58. The highest BCUT2D eigenvalue weighted by Gasteiger charge is 2.31. The second-order valence-electron chi connectivity index (χ2n) is 14.9. The predicted octanol–water partition coefficient (Wildman–Crippen LogP) is 14.3. The van der Waals surface area contributed by atoms with Gasteiger partial charge in [0.1, 0.15) is 0 Å². The van der Waals surface area contributed by atoms with Crippen molar-refractivity contribution in [2.24, 2.45) is 0 Å². The van der Waals surface area contributed by atoms with Gasteiger partial charge in [-0.05, 0) is 147 Å². The zero-order chi connectivity index (χ0) is 38.3. The van der Waals surface area contributed by atoms with E-state index >= 15 is 0 Å². The maximum absolute atomic E-state index is 14.1. The molecule has 0 radical (unpaired) electrons. The minimum Gasteiger partial charge on any atom is -0.309 e. The number of hydrogen-bond donors (Lipinski definition) is 0. The highest BCUT2D eigenvalue weighted by molar-refractivity contribution is 6.11. The van der Waals surface area contributed by atoms with Crippen LogP contribution in [0.5, 0.6) is 0 Å². The molecule has 0 N–H and O–H groups in total. The summed E-state index contributed by atoms with van der Waals surface area (Å²) >= 11 is 0. The van der Waals surface area contributed by atoms with Crippen molar-refractivity contribution >= 4 is 49.3 Å². The van der Waals surface area contributed by atoms with Crippen molar-refractivity contribution in [2.75, 3.05) is 0 Å². The van der Waals surface area contributed by atoms with Gasteiger partial charge in [-0.25, -0.2) is 4.85 Å². The molecule has 2 heterocycles. The van der Waals surface area contributed by atoms with Crippen molar-refractivity contribution in [3.8, 4) is 33.6 Å². The number of alkyl halides is 3. The van der Waals surface area contributed by atoms with E-state index < -0.39 is 11.7 Å². The maximum Gasteiger partial charge on any atom is 0.416 e. The summed E-state index contributed by atoms with van der Waals surface area (Å²) in [7, 11) is 0. The highest BCUT2D eigenvalue weighted by Crippen LogP contribution is 2.44. The molecule has 0 bridgehead atoms. The zero-order valence-electron chi connectivity index (χ0n) is 31.1. The molecule has 0 unspecified atom stereocenters. The summed E-state index contributed by atoms with van der Waals surface area (Å²) in [5.74, 6) is 0. The summed E-state index contributed by atoms with van der Waals surface area (Å²) in [4.78, 5) is 4.03. The topological polar surface area (TPSA) is 14.2 Å². The fraction of sp³-hybridized carbons (Fsp3) is 0.122. The van der Waals surface area contributed by atoms with Crippen molar-refractivity contribution in [3.63, 3.8) is 0 Å². The molecule has 0 saturated carbocycles. The second-order valence-corrected chi connectivity index (χ2v) is 14.9. The number of nitrogens with zero attached hydrogens (tertiary/aromatic N) is 3. The molecular formula is C49H36F3N3. The molecule has 7 aromatic carbocycles. The Morgan fingerprint density at radius 2 is 0.964 bits per heavy atom. The quantitative estimate of drug-likeness (QED) is 0.161. The third-order valence-corrected chi connectivity index (χ3v) is 10.8. The molecule has 0 saturated heterocycles. The molecule has 0 aliphatic rings. The summed E-state index contributed by atoms with van der Waals surface area (Å²) in [5.41, 5.74) is 13.2. The van der Waals surface area contributed by atoms with Crippen LogP contribution in [0.25, 0.3) is 82.1 Å². The summed E-state index contributed by atoms with van der Waals surface area (Å²) < 4.78 is 46.8. The van der Waals surface area contributed by atoms with Gasteiger partial charge in [0.25, 0.3) is 0 Å². The molecule has 268 valence electrons. The molecule has 0 amide bonds. The summed E-state index contributed by atoms with van der Waals surface area (Å²) in [5, 5.41) is 4.51. The first-order valence-electron chi connectivity index (χ1n) is 18.3. The molecule has 0 aliphatic heterocycles. The van der Waals surface area contributed by atoms with Gasteiger partial charge in [-0.3, -0.25) is 0 Å². The lowest BCUT2D eigenvalue weighted by Crippen LogP contribution is -2.05. The number of aromatic nitrogens is 2. The van der Waals surface area contributed by atoms with E-state index in [0.717, 1.165) is 71.7 Å². The van der Waals surface area contributed by atoms with E-state index in [9.17, 15) is 13.2 Å². The zero-order valence-corrected chi connectivity index (χ0v) is 31.1. The van der Waals surface area contributed by atoms with Gasteiger partial charge < -0.3 is 9.13 Å². The fourth-order valence-corrected chi connectivity index (χ4v) is 8.26. The van der Waals surface area contributed by atoms with E-state index in [1.54, 1.807) is 13.0 Å². The van der Waals surface area contributed by atoms with Crippen molar-refractivity contribution in [1.82, 2.24) is 9.13 Å². The van der Waals surface area contributed by atoms with Gasteiger partial charge in [0, 0.05) is 27.2 Å². The smallest absolute Gasteiger partial charge is 0.309 e. The van der Waals surface area contributed by atoms with Gasteiger partial charge in [0.05, 0.1) is 39.9 Å². The van der Waals surface area contributed by atoms with Crippen LogP contribution in [0.1, 0.15) is 33.4 Å². The van der Waals surface area contributed by atoms with Crippen molar-refractivity contribution in [3.05, 3.63) is 172 Å². The minimum atomic E-state index is -4.49. The first-order chi connectivity index (χ1) is 26.4. The van der Waals surface area contributed by atoms with Crippen LogP contribution >= 0.6 is 0 Å². The van der Waals surface area contributed by atoms with Crippen molar-refractivity contribution in [1.29, 1.82) is 0 Å². The molecule has 3 nitrogen and oxygen atoms in total. The average Bonchev–Trinajstić information content (AvgIpc) is 3.64. The van der Waals surface area contributed by atoms with Crippen LogP contribution in [0.4, 0.5) is 18.9 Å².